The Labute approximate surface area is 121 Å². The van der Waals surface area contributed by atoms with E-state index in [2.05, 4.69) is 11.9 Å². The van der Waals surface area contributed by atoms with Crippen molar-refractivity contribution in [2.45, 2.75) is 26.7 Å². The number of amides is 2. The van der Waals surface area contributed by atoms with Crippen molar-refractivity contribution in [1.82, 2.24) is 9.88 Å². The molecule has 1 saturated carbocycles. The molecule has 1 N–H and O–H groups in total. The maximum atomic E-state index is 12.4. The summed E-state index contributed by atoms with van der Waals surface area (Å²) in [6.45, 7) is 5.92. The van der Waals surface area contributed by atoms with Crippen LogP contribution in [0.3, 0.4) is 0 Å². The molecule has 20 heavy (non-hydrogen) atoms. The number of aryl methyl sites for hydroxylation is 1. The number of carbonyl (C=O) groups excluding carboxylic acids is 1. The molecule has 2 amide bonds. The molecule has 1 aliphatic heterocycles. The van der Waals surface area contributed by atoms with E-state index in [4.69, 9.17) is 5.11 Å². The van der Waals surface area contributed by atoms with Crippen LogP contribution in [-0.2, 0) is 0 Å². The lowest BCUT2D eigenvalue weighted by Gasteiger charge is -2.20. The van der Waals surface area contributed by atoms with Gasteiger partial charge in [0.25, 0.3) is 0 Å². The number of aromatic nitrogens is 1. The Morgan fingerprint density at radius 3 is 2.70 bits per heavy atom. The van der Waals surface area contributed by atoms with Crippen LogP contribution < -0.4 is 4.90 Å². The highest BCUT2D eigenvalue weighted by Gasteiger charge is 2.43. The lowest BCUT2D eigenvalue weighted by atomic mass is 10.1. The number of urea groups is 1. The van der Waals surface area contributed by atoms with E-state index in [1.165, 1.54) is 12.8 Å². The normalized spacial score (nSPS) is 20.6. The summed E-state index contributed by atoms with van der Waals surface area (Å²) in [5.41, 5.74) is 0.759. The zero-order valence-electron chi connectivity index (χ0n) is 11.5. The quantitative estimate of drug-likeness (QED) is 0.924. The van der Waals surface area contributed by atoms with Gasteiger partial charge in [-0.2, -0.15) is 0 Å². The van der Waals surface area contributed by atoms with Crippen molar-refractivity contribution in [1.29, 1.82) is 0 Å². The maximum absolute atomic E-state index is 12.4. The molecule has 3 rings (SSSR count). The molecule has 1 saturated heterocycles. The van der Waals surface area contributed by atoms with Crippen molar-refractivity contribution in [2.24, 2.45) is 5.41 Å². The van der Waals surface area contributed by atoms with Gasteiger partial charge in [-0.1, -0.05) is 18.3 Å². The molecule has 2 aliphatic rings. The molecule has 108 valence electrons. The topological polar surface area (TPSA) is 73.7 Å². The number of hydrogen-bond donors (Lipinski definition) is 1. The van der Waals surface area contributed by atoms with E-state index < -0.39 is 5.97 Å². The fourth-order valence-electron chi connectivity index (χ4n) is 2.44. The number of carboxylic acids is 1. The summed E-state index contributed by atoms with van der Waals surface area (Å²) in [5, 5.41) is 9.55. The van der Waals surface area contributed by atoms with Gasteiger partial charge in [0.05, 0.1) is 5.69 Å². The number of rotatable bonds is 4. The minimum Gasteiger partial charge on any atom is -0.477 e. The van der Waals surface area contributed by atoms with Crippen LogP contribution in [0.15, 0.2) is 0 Å². The molecule has 6 nitrogen and oxygen atoms in total. The van der Waals surface area contributed by atoms with Gasteiger partial charge in [0.1, 0.15) is 4.88 Å². The molecule has 0 aromatic carbocycles. The van der Waals surface area contributed by atoms with Gasteiger partial charge in [-0.05, 0) is 25.2 Å². The highest BCUT2D eigenvalue weighted by Crippen LogP contribution is 2.46. The average molecular weight is 295 g/mol. The Balaban J connectivity index is 1.76. The Kier molecular flexibility index (Phi) is 2.97. The molecule has 1 aliphatic carbocycles. The lowest BCUT2D eigenvalue weighted by molar-refractivity contribution is 0.0701. The average Bonchev–Trinajstić information content (AvgIpc) is 2.79. The van der Waals surface area contributed by atoms with Crippen LogP contribution in [0.4, 0.5) is 9.93 Å². The fourth-order valence-corrected chi connectivity index (χ4v) is 3.36. The third-order valence-corrected chi connectivity index (χ3v) is 5.15. The monoisotopic (exact) mass is 295 g/mol. The summed E-state index contributed by atoms with van der Waals surface area (Å²) in [7, 11) is 0. The van der Waals surface area contributed by atoms with Gasteiger partial charge in [-0.15, -0.1) is 0 Å². The molecule has 1 aromatic rings. The molecule has 2 fully saturated rings. The predicted octanol–water partition coefficient (Wildman–Crippen LogP) is 2.19. The van der Waals surface area contributed by atoms with Gasteiger partial charge in [0.2, 0.25) is 0 Å². The van der Waals surface area contributed by atoms with Gasteiger partial charge in [0, 0.05) is 19.6 Å². The van der Waals surface area contributed by atoms with E-state index in [-0.39, 0.29) is 16.3 Å². The molecular weight excluding hydrogens is 278 g/mol. The summed E-state index contributed by atoms with van der Waals surface area (Å²) in [6, 6.07) is -0.0520. The van der Waals surface area contributed by atoms with Crippen molar-refractivity contribution < 1.29 is 14.7 Å². The number of carboxylic acid groups (broad SMARTS) is 1. The zero-order chi connectivity index (χ0) is 14.5. The van der Waals surface area contributed by atoms with Crippen LogP contribution in [0.5, 0.6) is 0 Å². The smallest absolute Gasteiger partial charge is 0.347 e. The number of carbonyl (C=O) groups is 2. The van der Waals surface area contributed by atoms with Gasteiger partial charge in [-0.25, -0.2) is 14.6 Å². The van der Waals surface area contributed by atoms with Crippen molar-refractivity contribution in [2.75, 3.05) is 24.5 Å². The highest BCUT2D eigenvalue weighted by molar-refractivity contribution is 7.17. The molecule has 7 heteroatoms. The minimum absolute atomic E-state index is 0.0520. The van der Waals surface area contributed by atoms with Crippen LogP contribution in [-0.4, -0.2) is 46.6 Å². The van der Waals surface area contributed by atoms with E-state index in [1.807, 2.05) is 4.90 Å². The van der Waals surface area contributed by atoms with Crippen molar-refractivity contribution in [3.05, 3.63) is 10.6 Å². The first-order chi connectivity index (χ1) is 9.39. The van der Waals surface area contributed by atoms with E-state index in [1.54, 1.807) is 11.8 Å². The highest BCUT2D eigenvalue weighted by atomic mass is 32.1. The molecule has 0 atom stereocenters. The van der Waals surface area contributed by atoms with Gasteiger partial charge in [0.15, 0.2) is 5.13 Å². The van der Waals surface area contributed by atoms with Gasteiger partial charge in [-0.3, -0.25) is 4.90 Å². The van der Waals surface area contributed by atoms with Crippen LogP contribution in [0.1, 0.15) is 35.1 Å². The minimum atomic E-state index is -0.986. The second-order valence-corrected chi connectivity index (χ2v) is 6.86. The Bertz CT molecular complexity index is 579. The molecule has 0 unspecified atom stereocenters. The zero-order valence-corrected chi connectivity index (χ0v) is 12.4. The Hall–Kier alpha value is -1.63. The third-order valence-electron chi connectivity index (χ3n) is 3.98. The summed E-state index contributed by atoms with van der Waals surface area (Å²) in [6.07, 6.45) is 2.35. The number of aromatic carboxylic acids is 1. The summed E-state index contributed by atoms with van der Waals surface area (Å²) in [4.78, 5) is 31.3. The van der Waals surface area contributed by atoms with Crippen molar-refractivity contribution in [3.8, 4) is 0 Å². The predicted molar refractivity (Wildman–Crippen MR) is 75.5 cm³/mol. The number of anilines is 1. The van der Waals surface area contributed by atoms with E-state index in [0.717, 1.165) is 17.9 Å². The number of hydrogen-bond acceptors (Lipinski definition) is 4. The Morgan fingerprint density at radius 1 is 1.45 bits per heavy atom. The molecule has 1 aromatic heterocycles. The maximum Gasteiger partial charge on any atom is 0.347 e. The first kappa shape index (κ1) is 13.4. The number of nitrogens with zero attached hydrogens (tertiary/aromatic N) is 3. The van der Waals surface area contributed by atoms with Crippen molar-refractivity contribution in [3.63, 3.8) is 0 Å². The van der Waals surface area contributed by atoms with Crippen molar-refractivity contribution >= 4 is 28.5 Å². The molecule has 0 radical (unpaired) electrons. The summed E-state index contributed by atoms with van der Waals surface area (Å²) >= 11 is 1.07. The van der Waals surface area contributed by atoms with E-state index >= 15 is 0 Å². The van der Waals surface area contributed by atoms with Crippen LogP contribution in [0, 0.1) is 12.3 Å². The lowest BCUT2D eigenvalue weighted by Crippen LogP contribution is -2.35. The van der Waals surface area contributed by atoms with E-state index in [0.29, 0.717) is 23.9 Å². The molecule has 2 heterocycles. The van der Waals surface area contributed by atoms with E-state index in [9.17, 15) is 9.59 Å². The van der Waals surface area contributed by atoms with Gasteiger partial charge >= 0.3 is 12.0 Å². The Morgan fingerprint density at radius 2 is 2.15 bits per heavy atom. The molecule has 0 spiro atoms. The second-order valence-electron chi connectivity index (χ2n) is 5.88. The van der Waals surface area contributed by atoms with Crippen LogP contribution in [0.25, 0.3) is 0 Å². The molecular formula is C13H17N3O3S. The van der Waals surface area contributed by atoms with Gasteiger partial charge < -0.3 is 10.0 Å². The third kappa shape index (κ3) is 2.26. The summed E-state index contributed by atoms with van der Waals surface area (Å²) < 4.78 is 0. The summed E-state index contributed by atoms with van der Waals surface area (Å²) in [5.74, 6) is -0.986. The SMILES string of the molecule is Cc1nc(N2CCN(CC3(C)CC3)C2=O)sc1C(=O)O. The first-order valence-corrected chi connectivity index (χ1v) is 7.48. The largest absolute Gasteiger partial charge is 0.477 e. The molecule has 0 bridgehead atoms. The van der Waals surface area contributed by atoms with Crippen LogP contribution in [0.2, 0.25) is 0 Å². The van der Waals surface area contributed by atoms with Crippen LogP contribution >= 0.6 is 11.3 Å². The standard InChI is InChI=1S/C13H17N3O3S/c1-8-9(10(17)18)20-11(14-8)16-6-5-15(12(16)19)7-13(2)3-4-13/h3-7H2,1-2H3,(H,17,18). The first-order valence-electron chi connectivity index (χ1n) is 6.67. The second kappa shape index (κ2) is 4.44. The fraction of sp³-hybridized carbons (Fsp3) is 0.615. The number of thiazole rings is 1.